The Morgan fingerprint density at radius 1 is 1.12 bits per heavy atom. The normalized spacial score (nSPS) is 14.5. The van der Waals surface area contributed by atoms with Gasteiger partial charge in [0.1, 0.15) is 11.4 Å². The van der Waals surface area contributed by atoms with Crippen LogP contribution in [0.3, 0.4) is 0 Å². The van der Waals surface area contributed by atoms with E-state index in [2.05, 4.69) is 15.5 Å². The van der Waals surface area contributed by atoms with Crippen LogP contribution in [0.25, 0.3) is 5.65 Å². The summed E-state index contributed by atoms with van der Waals surface area (Å²) in [6.45, 7) is 12.4. The maximum absolute atomic E-state index is 13.6. The van der Waals surface area contributed by atoms with Crippen LogP contribution < -0.4 is 5.32 Å². The molecule has 0 aliphatic carbocycles. The van der Waals surface area contributed by atoms with Gasteiger partial charge in [-0.1, -0.05) is 23.7 Å². The Balaban J connectivity index is 1.57. The fourth-order valence-corrected chi connectivity index (χ4v) is 5.50. The maximum atomic E-state index is 13.6. The van der Waals surface area contributed by atoms with Gasteiger partial charge in [0.05, 0.1) is 29.6 Å². The number of aromatic nitrogens is 4. The van der Waals surface area contributed by atoms with Gasteiger partial charge in [0.25, 0.3) is 0 Å². The fourth-order valence-electron chi connectivity index (χ4n) is 5.38. The van der Waals surface area contributed by atoms with Crippen molar-refractivity contribution < 1.29 is 19.1 Å². The molecule has 1 aliphatic rings. The average molecular weight is 593 g/mol. The van der Waals surface area contributed by atoms with E-state index in [1.165, 1.54) is 0 Å². The number of esters is 1. The Kier molecular flexibility index (Phi) is 7.94. The summed E-state index contributed by atoms with van der Waals surface area (Å²) in [5.74, 6) is 0.328. The van der Waals surface area contributed by atoms with Crippen molar-refractivity contribution in [3.05, 3.63) is 81.5 Å². The lowest BCUT2D eigenvalue weighted by molar-refractivity contribution is 0.00812. The molecule has 4 aromatic rings. The Morgan fingerprint density at radius 2 is 1.81 bits per heavy atom. The summed E-state index contributed by atoms with van der Waals surface area (Å²) in [7, 11) is 1.93. The molecule has 1 unspecified atom stereocenters. The molecule has 0 bridgehead atoms. The van der Waals surface area contributed by atoms with Crippen molar-refractivity contribution in [2.75, 3.05) is 25.0 Å². The van der Waals surface area contributed by atoms with Crippen molar-refractivity contribution in [1.29, 1.82) is 0 Å². The number of carbonyl (C=O) groups is 2. The number of fused-ring (bicyclic) bond motifs is 1. The average Bonchev–Trinajstić information content (AvgIpc) is 3.41. The number of hydrogen-bond donors (Lipinski definition) is 1. The molecular weight excluding hydrogens is 556 g/mol. The molecule has 42 heavy (non-hydrogen) atoms. The van der Waals surface area contributed by atoms with Crippen molar-refractivity contribution in [3.63, 3.8) is 0 Å². The van der Waals surface area contributed by atoms with Crippen molar-refractivity contribution in [2.45, 2.75) is 59.1 Å². The molecule has 1 saturated heterocycles. The molecule has 1 N–H and O–H groups in total. The van der Waals surface area contributed by atoms with Gasteiger partial charge >= 0.3 is 12.1 Å². The highest BCUT2D eigenvalue weighted by atomic mass is 35.5. The number of rotatable bonds is 7. The molecule has 10 nitrogen and oxygen atoms in total. The highest BCUT2D eigenvalue weighted by molar-refractivity contribution is 6.30. The minimum Gasteiger partial charge on any atom is -0.462 e. The highest BCUT2D eigenvalue weighted by Gasteiger charge is 2.39. The molecule has 1 atom stereocenters. The van der Waals surface area contributed by atoms with Crippen molar-refractivity contribution in [1.82, 2.24) is 24.1 Å². The van der Waals surface area contributed by atoms with E-state index in [0.717, 1.165) is 39.5 Å². The first-order valence-corrected chi connectivity index (χ1v) is 14.4. The number of ether oxygens (including phenoxy) is 2. The standard InChI is InChI=1S/C31H37ClN6O4/c1-8-41-29(39)25-24(21-14-37(15-21)30(40)42-31(4,5)6)17-36(7)27(25)26(20-9-11-22(32)12-10-20)33-23-13-18(2)28-35-34-19(3)38(28)16-23/h9-13,16-17,21,26,33H,8,14-15H2,1-7H3. The fraction of sp³-hybridized carbons (Fsp3) is 0.419. The smallest absolute Gasteiger partial charge is 0.410 e. The van der Waals surface area contributed by atoms with Crippen LogP contribution in [0.2, 0.25) is 5.02 Å². The summed E-state index contributed by atoms with van der Waals surface area (Å²) < 4.78 is 15.1. The number of aryl methyl sites for hydroxylation is 3. The van der Waals surface area contributed by atoms with Gasteiger partial charge in [0.15, 0.2) is 5.65 Å². The molecule has 0 spiro atoms. The van der Waals surface area contributed by atoms with E-state index < -0.39 is 17.6 Å². The second-order valence-corrected chi connectivity index (χ2v) is 12.2. The molecule has 1 aliphatic heterocycles. The SMILES string of the molecule is CCOC(=O)c1c(C2CN(C(=O)OC(C)(C)C)C2)cn(C)c1C(Nc1cc(C)c2nnc(C)n2c1)c1ccc(Cl)cc1. The van der Waals surface area contributed by atoms with Gasteiger partial charge in [-0.15, -0.1) is 10.2 Å². The number of anilines is 1. The summed E-state index contributed by atoms with van der Waals surface area (Å²) in [5.41, 5.74) is 5.01. The number of carbonyl (C=O) groups excluding carboxylic acids is 2. The Morgan fingerprint density at radius 3 is 2.45 bits per heavy atom. The quantitative estimate of drug-likeness (QED) is 0.261. The largest absolute Gasteiger partial charge is 0.462 e. The van der Waals surface area contributed by atoms with Crippen molar-refractivity contribution in [2.24, 2.45) is 7.05 Å². The molecule has 1 fully saturated rings. The lowest BCUT2D eigenvalue weighted by Gasteiger charge is -2.40. The van der Waals surface area contributed by atoms with E-state index in [0.29, 0.717) is 23.7 Å². The van der Waals surface area contributed by atoms with E-state index in [1.807, 2.05) is 93.4 Å². The Labute approximate surface area is 250 Å². The topological polar surface area (TPSA) is 103 Å². The van der Waals surface area contributed by atoms with Crippen molar-refractivity contribution >= 4 is 35.0 Å². The lowest BCUT2D eigenvalue weighted by Crippen LogP contribution is -2.50. The van der Waals surface area contributed by atoms with Gasteiger partial charge in [-0.25, -0.2) is 9.59 Å². The molecule has 1 aromatic carbocycles. The van der Waals surface area contributed by atoms with Crippen LogP contribution in [0.4, 0.5) is 10.5 Å². The minimum absolute atomic E-state index is 0.0407. The number of benzene rings is 1. The third-order valence-corrected chi connectivity index (χ3v) is 7.61. The molecular formula is C31H37ClN6O4. The molecule has 0 saturated carbocycles. The van der Waals surface area contributed by atoms with Crippen LogP contribution in [0.5, 0.6) is 0 Å². The summed E-state index contributed by atoms with van der Waals surface area (Å²) in [6.07, 6.45) is 3.57. The summed E-state index contributed by atoms with van der Waals surface area (Å²) >= 11 is 6.26. The second kappa shape index (κ2) is 11.3. The molecule has 0 radical (unpaired) electrons. The monoisotopic (exact) mass is 592 g/mol. The number of nitrogens with one attached hydrogen (secondary N) is 1. The Hall–Kier alpha value is -4.05. The number of amides is 1. The number of halogens is 1. The maximum Gasteiger partial charge on any atom is 0.410 e. The van der Waals surface area contributed by atoms with Crippen LogP contribution in [-0.4, -0.2) is 61.4 Å². The van der Waals surface area contributed by atoms with E-state index in [9.17, 15) is 9.59 Å². The Bertz CT molecular complexity index is 1630. The summed E-state index contributed by atoms with van der Waals surface area (Å²) in [6, 6.07) is 9.15. The third kappa shape index (κ3) is 5.81. The van der Waals surface area contributed by atoms with E-state index in [4.69, 9.17) is 21.1 Å². The van der Waals surface area contributed by atoms with E-state index in [-0.39, 0.29) is 18.6 Å². The predicted octanol–water partition coefficient (Wildman–Crippen LogP) is 6.05. The van der Waals surface area contributed by atoms with Crippen LogP contribution >= 0.6 is 11.6 Å². The zero-order chi connectivity index (χ0) is 30.3. The third-order valence-electron chi connectivity index (χ3n) is 7.36. The first kappa shape index (κ1) is 29.4. The van der Waals surface area contributed by atoms with Crippen LogP contribution in [0.1, 0.15) is 78.2 Å². The number of hydrogen-bond acceptors (Lipinski definition) is 7. The van der Waals surface area contributed by atoms with Crippen molar-refractivity contribution in [3.8, 4) is 0 Å². The van der Waals surface area contributed by atoms with Gasteiger partial charge in [-0.05, 0) is 76.4 Å². The molecule has 4 heterocycles. The van der Waals surface area contributed by atoms with Gasteiger partial charge in [-0.2, -0.15) is 0 Å². The summed E-state index contributed by atoms with van der Waals surface area (Å²) in [5, 5.41) is 12.8. The van der Waals surface area contributed by atoms with Gasteiger partial charge in [0.2, 0.25) is 0 Å². The van der Waals surface area contributed by atoms with Gasteiger partial charge < -0.3 is 24.3 Å². The highest BCUT2D eigenvalue weighted by Crippen LogP contribution is 2.38. The van der Waals surface area contributed by atoms with E-state index >= 15 is 0 Å². The molecule has 1 amide bonds. The molecule has 222 valence electrons. The van der Waals surface area contributed by atoms with Gasteiger partial charge in [-0.3, -0.25) is 4.40 Å². The van der Waals surface area contributed by atoms with E-state index in [1.54, 1.807) is 11.8 Å². The van der Waals surface area contributed by atoms with Gasteiger partial charge in [0, 0.05) is 43.5 Å². The first-order chi connectivity index (χ1) is 19.9. The van der Waals surface area contributed by atoms with Crippen LogP contribution in [-0.2, 0) is 16.5 Å². The zero-order valence-electron chi connectivity index (χ0n) is 25.1. The molecule has 11 heteroatoms. The number of pyridine rings is 1. The summed E-state index contributed by atoms with van der Waals surface area (Å²) in [4.78, 5) is 27.9. The molecule has 5 rings (SSSR count). The second-order valence-electron chi connectivity index (χ2n) is 11.7. The number of nitrogens with zero attached hydrogens (tertiary/aromatic N) is 5. The molecule has 3 aromatic heterocycles. The predicted molar refractivity (Wildman–Crippen MR) is 161 cm³/mol. The van der Waals surface area contributed by atoms with Crippen LogP contribution in [0.15, 0.2) is 42.7 Å². The zero-order valence-corrected chi connectivity index (χ0v) is 25.8. The van der Waals surface area contributed by atoms with Crippen LogP contribution in [0, 0.1) is 13.8 Å². The minimum atomic E-state index is -0.581. The lowest BCUT2D eigenvalue weighted by atomic mass is 9.88. The first-order valence-electron chi connectivity index (χ1n) is 14.0. The number of likely N-dealkylation sites (tertiary alicyclic amines) is 1.